The van der Waals surface area contributed by atoms with E-state index in [1.165, 1.54) is 17.4 Å². The zero-order valence-corrected chi connectivity index (χ0v) is 18.8. The number of aromatic carboxylic acids is 1. The van der Waals surface area contributed by atoms with Gasteiger partial charge in [0.25, 0.3) is 11.5 Å². The number of halogens is 2. The zero-order chi connectivity index (χ0) is 24.8. The van der Waals surface area contributed by atoms with E-state index < -0.39 is 28.9 Å². The summed E-state index contributed by atoms with van der Waals surface area (Å²) in [6, 6.07) is 9.59. The number of alkyl halides is 2. The van der Waals surface area contributed by atoms with Gasteiger partial charge in [-0.25, -0.2) is 18.6 Å². The van der Waals surface area contributed by atoms with Crippen LogP contribution in [0.1, 0.15) is 53.4 Å². The smallest absolute Gasteiger partial charge is 0.337 e. The van der Waals surface area contributed by atoms with Crippen LogP contribution in [0.5, 0.6) is 0 Å². The van der Waals surface area contributed by atoms with Gasteiger partial charge < -0.3 is 15.7 Å². The number of carbonyl (C=O) groups is 1. The number of aryl methyl sites for hydroxylation is 1. The minimum Gasteiger partial charge on any atom is -0.478 e. The van der Waals surface area contributed by atoms with Crippen LogP contribution in [0, 0.1) is 23.7 Å². The number of hydrogen-bond acceptors (Lipinski definition) is 6. The number of pyridine rings is 1. The number of aromatic nitrogens is 2. The van der Waals surface area contributed by atoms with Crippen LogP contribution in [0.4, 0.5) is 20.3 Å². The van der Waals surface area contributed by atoms with E-state index in [4.69, 9.17) is 0 Å². The quantitative estimate of drug-likeness (QED) is 0.476. The van der Waals surface area contributed by atoms with Crippen molar-refractivity contribution < 1.29 is 18.7 Å². The molecule has 0 bridgehead atoms. The highest BCUT2D eigenvalue weighted by atomic mass is 19.3. The van der Waals surface area contributed by atoms with Gasteiger partial charge in [-0.15, -0.1) is 0 Å². The normalized spacial score (nSPS) is 19.3. The highest BCUT2D eigenvalue weighted by molar-refractivity contribution is 5.94. The highest BCUT2D eigenvalue weighted by Crippen LogP contribution is 2.60. The van der Waals surface area contributed by atoms with Gasteiger partial charge in [0.15, 0.2) is 11.4 Å². The molecule has 1 aliphatic carbocycles. The van der Waals surface area contributed by atoms with Crippen molar-refractivity contribution in [3.8, 4) is 6.07 Å². The number of fused-ring (bicyclic) bond motifs is 1. The Hall–Kier alpha value is -4.00. The summed E-state index contributed by atoms with van der Waals surface area (Å²) in [4.78, 5) is 29.1. The minimum atomic E-state index is -2.81. The van der Waals surface area contributed by atoms with Crippen LogP contribution in [-0.2, 0) is 0 Å². The van der Waals surface area contributed by atoms with E-state index in [1.54, 1.807) is 44.3 Å². The number of nitrogens with one attached hydrogen (secondary N) is 2. The molecule has 1 fully saturated rings. The largest absolute Gasteiger partial charge is 0.478 e. The van der Waals surface area contributed by atoms with E-state index in [0.29, 0.717) is 11.3 Å². The fraction of sp³-hybridized carbons (Fsp3) is 0.333. The minimum absolute atomic E-state index is 0.0559. The van der Waals surface area contributed by atoms with Crippen molar-refractivity contribution in [2.24, 2.45) is 5.41 Å². The Bertz CT molecular complexity index is 1410. The molecule has 4 rings (SSSR count). The van der Waals surface area contributed by atoms with Gasteiger partial charge >= 0.3 is 5.97 Å². The Balaban J connectivity index is 1.78. The highest BCUT2D eigenvalue weighted by Gasteiger charge is 2.67. The fourth-order valence-corrected chi connectivity index (χ4v) is 3.98. The molecule has 2 aromatic heterocycles. The van der Waals surface area contributed by atoms with Crippen LogP contribution in [0.2, 0.25) is 0 Å². The Morgan fingerprint density at radius 2 is 2.06 bits per heavy atom. The Kier molecular flexibility index (Phi) is 5.52. The molecule has 1 aromatic carbocycles. The molecule has 2 atom stereocenters. The lowest BCUT2D eigenvalue weighted by atomic mass is 10.1. The van der Waals surface area contributed by atoms with Crippen LogP contribution < -0.4 is 16.2 Å². The molecule has 3 aromatic rings. The Labute approximate surface area is 193 Å². The number of hydrogen-bond donors (Lipinski definition) is 3. The lowest BCUT2D eigenvalue weighted by molar-refractivity contribution is 0.0696. The summed E-state index contributed by atoms with van der Waals surface area (Å²) in [5, 5.41) is 25.0. The first kappa shape index (κ1) is 23.2. The summed E-state index contributed by atoms with van der Waals surface area (Å²) >= 11 is 0. The molecule has 0 saturated heterocycles. The second-order valence-electron chi connectivity index (χ2n) is 8.93. The number of nitrogens with zero attached hydrogens (tertiary/aromatic N) is 3. The van der Waals surface area contributed by atoms with Crippen molar-refractivity contribution in [3.63, 3.8) is 0 Å². The van der Waals surface area contributed by atoms with E-state index in [9.17, 15) is 28.7 Å². The van der Waals surface area contributed by atoms with Crippen molar-refractivity contribution in [2.45, 2.75) is 39.2 Å². The maximum absolute atomic E-state index is 13.7. The molecule has 0 aliphatic heterocycles. The van der Waals surface area contributed by atoms with Gasteiger partial charge in [-0.3, -0.25) is 9.20 Å². The fourth-order valence-electron chi connectivity index (χ4n) is 3.98. The van der Waals surface area contributed by atoms with E-state index in [2.05, 4.69) is 15.6 Å². The molecule has 10 heteroatoms. The van der Waals surface area contributed by atoms with Gasteiger partial charge in [-0.05, 0) is 37.6 Å². The van der Waals surface area contributed by atoms with Gasteiger partial charge in [0.2, 0.25) is 0 Å². The maximum Gasteiger partial charge on any atom is 0.337 e. The molecule has 0 spiro atoms. The number of nitriles is 1. The molecule has 3 N–H and O–H groups in total. The number of rotatable bonds is 7. The van der Waals surface area contributed by atoms with Crippen LogP contribution in [0.15, 0.2) is 41.3 Å². The van der Waals surface area contributed by atoms with Crippen molar-refractivity contribution >= 4 is 23.1 Å². The predicted molar refractivity (Wildman–Crippen MR) is 123 cm³/mol. The third-order valence-electron chi connectivity index (χ3n) is 6.21. The van der Waals surface area contributed by atoms with Crippen LogP contribution >= 0.6 is 0 Å². The lowest BCUT2D eigenvalue weighted by Crippen LogP contribution is -2.26. The first-order valence-corrected chi connectivity index (χ1v) is 10.6. The van der Waals surface area contributed by atoms with Crippen molar-refractivity contribution in [3.05, 3.63) is 69.1 Å². The topological polar surface area (TPSA) is 120 Å². The second-order valence-corrected chi connectivity index (χ2v) is 8.93. The molecule has 176 valence electrons. The zero-order valence-electron chi connectivity index (χ0n) is 18.8. The van der Waals surface area contributed by atoms with Crippen molar-refractivity contribution in [2.75, 3.05) is 17.2 Å². The van der Waals surface area contributed by atoms with Gasteiger partial charge in [0.05, 0.1) is 17.0 Å². The average Bonchev–Trinajstić information content (AvgIpc) is 3.29. The van der Waals surface area contributed by atoms with Gasteiger partial charge in [-0.1, -0.05) is 19.1 Å². The molecule has 0 radical (unpaired) electrons. The third-order valence-corrected chi connectivity index (χ3v) is 6.21. The van der Waals surface area contributed by atoms with E-state index >= 15 is 0 Å². The molecule has 34 heavy (non-hydrogen) atoms. The molecule has 1 saturated carbocycles. The van der Waals surface area contributed by atoms with Crippen LogP contribution in [0.25, 0.3) is 5.65 Å². The van der Waals surface area contributed by atoms with E-state index in [-0.39, 0.29) is 35.6 Å². The number of anilines is 2. The first-order chi connectivity index (χ1) is 16.0. The van der Waals surface area contributed by atoms with Gasteiger partial charge in [0, 0.05) is 30.4 Å². The number of carboxylic acid groups (broad SMARTS) is 1. The average molecular weight is 467 g/mol. The Morgan fingerprint density at radius 3 is 2.68 bits per heavy atom. The molecule has 1 aliphatic rings. The Morgan fingerprint density at radius 1 is 1.38 bits per heavy atom. The SMILES string of the molecule is Cc1cc([C@@H](C)Nc2ccccc2C(=O)O)c2nc(NCC3(C)CC3(F)F)c(C#N)c(=O)n2c1. The molecular weight excluding hydrogens is 444 g/mol. The summed E-state index contributed by atoms with van der Waals surface area (Å²) in [5.74, 6) is -3.95. The lowest BCUT2D eigenvalue weighted by Gasteiger charge is -2.20. The number of benzene rings is 1. The number of carboxylic acids is 1. The first-order valence-electron chi connectivity index (χ1n) is 10.6. The molecule has 0 amide bonds. The summed E-state index contributed by atoms with van der Waals surface area (Å²) in [7, 11) is 0. The van der Waals surface area contributed by atoms with Crippen molar-refractivity contribution in [1.29, 1.82) is 5.26 Å². The maximum atomic E-state index is 13.7. The number of para-hydroxylation sites is 1. The van der Waals surface area contributed by atoms with E-state index in [0.717, 1.165) is 5.56 Å². The van der Waals surface area contributed by atoms with Crippen LogP contribution in [-0.4, -0.2) is 32.9 Å². The second kappa shape index (κ2) is 8.09. The summed E-state index contributed by atoms with van der Waals surface area (Å²) in [5.41, 5.74) is -0.140. The van der Waals surface area contributed by atoms with Crippen LogP contribution in [0.3, 0.4) is 0 Å². The van der Waals surface area contributed by atoms with Gasteiger partial charge in [-0.2, -0.15) is 5.26 Å². The molecule has 8 nitrogen and oxygen atoms in total. The summed E-state index contributed by atoms with van der Waals surface area (Å²) < 4.78 is 28.6. The summed E-state index contributed by atoms with van der Waals surface area (Å²) in [6.07, 6.45) is 1.27. The van der Waals surface area contributed by atoms with Gasteiger partial charge in [0.1, 0.15) is 11.7 Å². The molecule has 1 unspecified atom stereocenters. The standard InChI is InChI=1S/C24H23F2N5O3/c1-13-8-16(14(2)29-18-7-5-4-6-15(18)22(33)34)20-30-19(17(9-27)21(32)31(20)10-13)28-12-23(3)11-24(23,25)26/h4-8,10,14,28-29H,11-12H2,1-3H3,(H,33,34)/t14-,23?/m1/s1. The third kappa shape index (κ3) is 3.94. The molecule has 2 heterocycles. The summed E-state index contributed by atoms with van der Waals surface area (Å²) in [6.45, 7) is 4.86. The van der Waals surface area contributed by atoms with E-state index in [1.807, 2.05) is 6.07 Å². The van der Waals surface area contributed by atoms with Crippen molar-refractivity contribution in [1.82, 2.24) is 9.38 Å². The molecular formula is C24H23F2N5O3. The predicted octanol–water partition coefficient (Wildman–Crippen LogP) is 4.20. The monoisotopic (exact) mass is 467 g/mol.